The van der Waals surface area contributed by atoms with Crippen molar-refractivity contribution in [3.8, 4) is 0 Å². The molecule has 0 bridgehead atoms. The van der Waals surface area contributed by atoms with Gasteiger partial charge in [-0.1, -0.05) is 0 Å². The standard InChI is InChI=1S/C8H17F3N2O2S/c1-7(2,3)13(16(4,14)15)12-6-5-8(9,10)11/h12H,5-6H2,1-4H3. The Kier molecular flexibility index (Phi) is 4.78. The van der Waals surface area contributed by atoms with E-state index in [-0.39, 0.29) is 0 Å². The van der Waals surface area contributed by atoms with E-state index >= 15 is 0 Å². The van der Waals surface area contributed by atoms with E-state index in [0.29, 0.717) is 0 Å². The lowest BCUT2D eigenvalue weighted by molar-refractivity contribution is -0.135. The fourth-order valence-electron chi connectivity index (χ4n) is 1.15. The summed E-state index contributed by atoms with van der Waals surface area (Å²) in [6.45, 7) is 4.31. The van der Waals surface area contributed by atoms with E-state index in [1.807, 2.05) is 0 Å². The van der Waals surface area contributed by atoms with Gasteiger partial charge < -0.3 is 0 Å². The molecule has 0 unspecified atom stereocenters. The number of hydrogen-bond acceptors (Lipinski definition) is 3. The molecule has 4 nitrogen and oxygen atoms in total. The zero-order chi connectivity index (χ0) is 13.2. The molecule has 0 aliphatic carbocycles. The molecular weight excluding hydrogens is 245 g/mol. The molecule has 0 aromatic carbocycles. The molecule has 0 aliphatic heterocycles. The molecule has 0 heterocycles. The van der Waals surface area contributed by atoms with Crippen molar-refractivity contribution in [1.29, 1.82) is 0 Å². The molecule has 0 fully saturated rings. The molecule has 0 amide bonds. The smallest absolute Gasteiger partial charge is 0.241 e. The van der Waals surface area contributed by atoms with Gasteiger partial charge in [0.2, 0.25) is 10.0 Å². The predicted octanol–water partition coefficient (Wildman–Crippen LogP) is 1.50. The average Bonchev–Trinajstić information content (AvgIpc) is 1.90. The maximum absolute atomic E-state index is 11.9. The Morgan fingerprint density at radius 1 is 1.19 bits per heavy atom. The quantitative estimate of drug-likeness (QED) is 0.781. The van der Waals surface area contributed by atoms with E-state index in [1.54, 1.807) is 20.8 Å². The van der Waals surface area contributed by atoms with Gasteiger partial charge in [-0.2, -0.15) is 13.2 Å². The Hall–Kier alpha value is -0.340. The van der Waals surface area contributed by atoms with Crippen LogP contribution in [0.25, 0.3) is 0 Å². The highest BCUT2D eigenvalue weighted by atomic mass is 32.2. The van der Waals surface area contributed by atoms with Gasteiger partial charge in [0.1, 0.15) is 0 Å². The maximum Gasteiger partial charge on any atom is 0.390 e. The van der Waals surface area contributed by atoms with Crippen LogP contribution in [0.1, 0.15) is 27.2 Å². The Labute approximate surface area is 93.8 Å². The molecule has 1 N–H and O–H groups in total. The SMILES string of the molecule is CC(C)(C)N(NCCC(F)(F)F)S(C)(=O)=O. The van der Waals surface area contributed by atoms with Gasteiger partial charge in [-0.3, -0.25) is 0 Å². The van der Waals surface area contributed by atoms with Gasteiger partial charge in [0.15, 0.2) is 0 Å². The van der Waals surface area contributed by atoms with Crippen molar-refractivity contribution in [2.75, 3.05) is 12.8 Å². The first-order valence-corrected chi connectivity index (χ1v) is 6.49. The fourth-order valence-corrected chi connectivity index (χ4v) is 2.47. The van der Waals surface area contributed by atoms with E-state index < -0.39 is 34.7 Å². The second-order valence-electron chi connectivity index (χ2n) is 4.47. The van der Waals surface area contributed by atoms with Crippen LogP contribution in [0.4, 0.5) is 13.2 Å². The largest absolute Gasteiger partial charge is 0.390 e. The molecule has 0 aliphatic rings. The monoisotopic (exact) mass is 262 g/mol. The van der Waals surface area contributed by atoms with Crippen LogP contribution in [0.15, 0.2) is 0 Å². The average molecular weight is 262 g/mol. The number of nitrogens with one attached hydrogen (secondary N) is 1. The van der Waals surface area contributed by atoms with Crippen LogP contribution in [0, 0.1) is 0 Å². The second kappa shape index (κ2) is 4.89. The first kappa shape index (κ1) is 15.7. The highest BCUT2D eigenvalue weighted by Gasteiger charge is 2.32. The van der Waals surface area contributed by atoms with Crippen molar-refractivity contribution in [2.45, 2.75) is 38.9 Å². The van der Waals surface area contributed by atoms with Crippen LogP contribution in [-0.2, 0) is 10.0 Å². The minimum absolute atomic E-state index is 0.464. The number of hydrazine groups is 1. The van der Waals surface area contributed by atoms with Crippen LogP contribution in [0.2, 0.25) is 0 Å². The van der Waals surface area contributed by atoms with Gasteiger partial charge in [-0.05, 0) is 20.8 Å². The van der Waals surface area contributed by atoms with E-state index in [9.17, 15) is 21.6 Å². The molecule has 0 spiro atoms. The minimum Gasteiger partial charge on any atom is -0.241 e. The first-order chi connectivity index (χ1) is 6.84. The van der Waals surface area contributed by atoms with Crippen LogP contribution in [-0.4, -0.2) is 37.3 Å². The number of alkyl halides is 3. The van der Waals surface area contributed by atoms with E-state index in [0.717, 1.165) is 10.7 Å². The zero-order valence-electron chi connectivity index (χ0n) is 9.72. The van der Waals surface area contributed by atoms with E-state index in [1.165, 1.54) is 0 Å². The molecule has 98 valence electrons. The predicted molar refractivity (Wildman–Crippen MR) is 55.1 cm³/mol. The van der Waals surface area contributed by atoms with Crippen LogP contribution in [0.3, 0.4) is 0 Å². The summed E-state index contributed by atoms with van der Waals surface area (Å²) in [7, 11) is -3.59. The molecule has 0 saturated heterocycles. The summed E-state index contributed by atoms with van der Waals surface area (Å²) in [6, 6.07) is 0. The van der Waals surface area contributed by atoms with Crippen molar-refractivity contribution in [2.24, 2.45) is 0 Å². The number of rotatable bonds is 4. The highest BCUT2D eigenvalue weighted by Crippen LogP contribution is 2.19. The van der Waals surface area contributed by atoms with Gasteiger partial charge in [0, 0.05) is 12.1 Å². The first-order valence-electron chi connectivity index (χ1n) is 4.65. The third kappa shape index (κ3) is 6.29. The molecule has 8 heteroatoms. The van der Waals surface area contributed by atoms with Gasteiger partial charge in [0.25, 0.3) is 0 Å². The number of nitrogens with zero attached hydrogens (tertiary/aromatic N) is 1. The number of hydrogen-bond donors (Lipinski definition) is 1. The lowest BCUT2D eigenvalue weighted by Gasteiger charge is -2.33. The van der Waals surface area contributed by atoms with Crippen molar-refractivity contribution < 1.29 is 21.6 Å². The summed E-state index contributed by atoms with van der Waals surface area (Å²) in [6.07, 6.45) is -4.43. The molecule has 0 rings (SSSR count). The summed E-state index contributed by atoms with van der Waals surface area (Å²) >= 11 is 0. The Morgan fingerprint density at radius 2 is 1.62 bits per heavy atom. The van der Waals surface area contributed by atoms with Gasteiger partial charge in [0.05, 0.1) is 12.7 Å². The topological polar surface area (TPSA) is 49.4 Å². The third-order valence-electron chi connectivity index (χ3n) is 1.60. The van der Waals surface area contributed by atoms with Crippen molar-refractivity contribution in [1.82, 2.24) is 9.84 Å². The lowest BCUT2D eigenvalue weighted by Crippen LogP contribution is -2.53. The van der Waals surface area contributed by atoms with Gasteiger partial charge in [-0.15, -0.1) is 4.41 Å². The summed E-state index contributed by atoms with van der Waals surface area (Å²) in [5.74, 6) is 0. The van der Waals surface area contributed by atoms with Crippen molar-refractivity contribution in [3.63, 3.8) is 0 Å². The van der Waals surface area contributed by atoms with Gasteiger partial charge >= 0.3 is 6.18 Å². The molecule has 16 heavy (non-hydrogen) atoms. The Balaban J connectivity index is 4.50. The molecule has 0 saturated carbocycles. The van der Waals surface area contributed by atoms with E-state index in [2.05, 4.69) is 5.43 Å². The minimum atomic E-state index is -4.30. The van der Waals surface area contributed by atoms with Crippen molar-refractivity contribution in [3.05, 3.63) is 0 Å². The van der Waals surface area contributed by atoms with Gasteiger partial charge in [-0.25, -0.2) is 13.8 Å². The lowest BCUT2D eigenvalue weighted by atomic mass is 10.1. The highest BCUT2D eigenvalue weighted by molar-refractivity contribution is 7.88. The molecular formula is C8H17F3N2O2S. The molecule has 0 atom stereocenters. The van der Waals surface area contributed by atoms with Crippen LogP contribution in [0.5, 0.6) is 0 Å². The molecule has 0 radical (unpaired) electrons. The molecule has 0 aromatic heterocycles. The third-order valence-corrected chi connectivity index (χ3v) is 2.94. The number of halogens is 3. The Morgan fingerprint density at radius 3 is 1.88 bits per heavy atom. The summed E-state index contributed by atoms with van der Waals surface area (Å²) < 4.78 is 59.1. The summed E-state index contributed by atoms with van der Waals surface area (Å²) in [5, 5.41) is 0. The summed E-state index contributed by atoms with van der Waals surface area (Å²) in [5.41, 5.74) is 1.48. The van der Waals surface area contributed by atoms with Crippen LogP contribution >= 0.6 is 0 Å². The summed E-state index contributed by atoms with van der Waals surface area (Å²) in [4.78, 5) is 0. The zero-order valence-corrected chi connectivity index (χ0v) is 10.5. The molecule has 0 aromatic rings. The normalized spacial score (nSPS) is 14.5. The number of sulfonamides is 1. The van der Waals surface area contributed by atoms with Crippen LogP contribution < -0.4 is 5.43 Å². The van der Waals surface area contributed by atoms with E-state index in [4.69, 9.17) is 0 Å². The second-order valence-corrected chi connectivity index (χ2v) is 6.30. The van der Waals surface area contributed by atoms with Crippen molar-refractivity contribution >= 4 is 10.0 Å². The fraction of sp³-hybridized carbons (Fsp3) is 1.00. The maximum atomic E-state index is 11.9. The Bertz CT molecular complexity index is 319.